The van der Waals surface area contributed by atoms with Gasteiger partial charge in [-0.05, 0) is 37.6 Å². The molecule has 0 aromatic heterocycles. The van der Waals surface area contributed by atoms with Crippen molar-refractivity contribution in [1.82, 2.24) is 9.80 Å². The van der Waals surface area contributed by atoms with E-state index < -0.39 is 17.8 Å². The lowest BCUT2D eigenvalue weighted by molar-refractivity contribution is -0.173. The van der Waals surface area contributed by atoms with Crippen molar-refractivity contribution >= 4 is 12.0 Å². The van der Waals surface area contributed by atoms with E-state index in [1.807, 2.05) is 49.5 Å². The molecular weight excluding hydrogens is 444 g/mol. The number of carbonyl (C=O) groups is 2. The summed E-state index contributed by atoms with van der Waals surface area (Å²) in [4.78, 5) is 30.5. The van der Waals surface area contributed by atoms with E-state index in [0.29, 0.717) is 38.3 Å². The van der Waals surface area contributed by atoms with Gasteiger partial charge in [-0.1, -0.05) is 60.2 Å². The number of benzene rings is 2. The van der Waals surface area contributed by atoms with Gasteiger partial charge in [0.2, 0.25) is 5.91 Å². The first-order valence-corrected chi connectivity index (χ1v) is 12.3. The van der Waals surface area contributed by atoms with Crippen molar-refractivity contribution in [3.05, 3.63) is 77.9 Å². The Hall–Kier alpha value is -3.00. The first-order valence-electron chi connectivity index (χ1n) is 12.3. The van der Waals surface area contributed by atoms with Crippen molar-refractivity contribution < 1.29 is 23.8 Å². The van der Waals surface area contributed by atoms with Gasteiger partial charge in [0.25, 0.3) is 0 Å². The van der Waals surface area contributed by atoms with Crippen LogP contribution >= 0.6 is 0 Å². The van der Waals surface area contributed by atoms with Crippen LogP contribution in [0.5, 0.6) is 5.75 Å². The summed E-state index contributed by atoms with van der Waals surface area (Å²) in [5.41, 5.74) is 2.21. The summed E-state index contributed by atoms with van der Waals surface area (Å²) in [7, 11) is 2.04. The second kappa shape index (κ2) is 10.3. The molecule has 2 aromatic carbocycles. The topological polar surface area (TPSA) is 68.3 Å². The molecule has 7 heteroatoms. The zero-order valence-corrected chi connectivity index (χ0v) is 20.1. The molecule has 7 nitrogen and oxygen atoms in total. The third kappa shape index (κ3) is 5.32. The van der Waals surface area contributed by atoms with Crippen molar-refractivity contribution in [3.8, 4) is 5.75 Å². The molecule has 1 saturated heterocycles. The van der Waals surface area contributed by atoms with Gasteiger partial charge in [-0.2, -0.15) is 0 Å². The Bertz CT molecular complexity index is 1070. The first-order chi connectivity index (χ1) is 17.0. The quantitative estimate of drug-likeness (QED) is 0.607. The summed E-state index contributed by atoms with van der Waals surface area (Å²) >= 11 is 0. The third-order valence-electron chi connectivity index (χ3n) is 7.16. The fourth-order valence-electron chi connectivity index (χ4n) is 5.40. The summed E-state index contributed by atoms with van der Waals surface area (Å²) in [5.74, 6) is -0.832. The largest absolute Gasteiger partial charge is 0.422 e. The molecule has 0 unspecified atom stereocenters. The van der Waals surface area contributed by atoms with Crippen LogP contribution in [0.4, 0.5) is 4.79 Å². The Morgan fingerprint density at radius 2 is 1.74 bits per heavy atom. The zero-order chi connectivity index (χ0) is 24.3. The van der Waals surface area contributed by atoms with Gasteiger partial charge < -0.3 is 14.2 Å². The molecule has 2 aliphatic heterocycles. The number of fused-ring (bicyclic) bond motifs is 1. The van der Waals surface area contributed by atoms with Crippen LogP contribution in [0.3, 0.4) is 0 Å². The SMILES string of the molecule is CN1C[C@H](C(=O)N(CCc2ccccc2)C(=O)Oc2ccccc2)C=C2CC3(CC[C@H]21)OCCO3. The Morgan fingerprint density at radius 1 is 1.06 bits per heavy atom. The zero-order valence-electron chi connectivity index (χ0n) is 20.1. The number of hydrogen-bond donors (Lipinski definition) is 0. The normalized spacial score (nSPS) is 23.4. The van der Waals surface area contributed by atoms with Gasteiger partial charge in [0.05, 0.1) is 19.1 Å². The summed E-state index contributed by atoms with van der Waals surface area (Å²) < 4.78 is 17.5. The minimum absolute atomic E-state index is 0.243. The molecule has 5 rings (SSSR count). The van der Waals surface area contributed by atoms with Gasteiger partial charge in [0, 0.05) is 32.0 Å². The predicted octanol–water partition coefficient (Wildman–Crippen LogP) is 4.04. The van der Waals surface area contributed by atoms with Gasteiger partial charge in [-0.15, -0.1) is 0 Å². The highest BCUT2D eigenvalue weighted by molar-refractivity contribution is 5.95. The van der Waals surface area contributed by atoms with Crippen molar-refractivity contribution in [2.75, 3.05) is 33.4 Å². The Labute approximate surface area is 206 Å². The molecule has 1 spiro atoms. The van der Waals surface area contributed by atoms with Crippen LogP contribution in [-0.2, 0) is 20.7 Å². The van der Waals surface area contributed by atoms with E-state index in [-0.39, 0.29) is 18.5 Å². The van der Waals surface area contributed by atoms with E-state index in [1.165, 1.54) is 4.90 Å². The minimum atomic E-state index is -0.650. The van der Waals surface area contributed by atoms with Crippen molar-refractivity contribution in [1.29, 1.82) is 0 Å². The molecule has 3 aliphatic rings. The molecule has 0 radical (unpaired) electrons. The van der Waals surface area contributed by atoms with E-state index in [1.54, 1.807) is 24.3 Å². The fraction of sp³-hybridized carbons (Fsp3) is 0.429. The Balaban J connectivity index is 1.36. The number of amides is 2. The molecule has 2 aromatic rings. The van der Waals surface area contributed by atoms with Gasteiger partial charge in [-0.25, -0.2) is 9.69 Å². The van der Waals surface area contributed by atoms with E-state index in [9.17, 15) is 9.59 Å². The second-order valence-electron chi connectivity index (χ2n) is 9.53. The van der Waals surface area contributed by atoms with Crippen LogP contribution in [0.15, 0.2) is 72.3 Å². The van der Waals surface area contributed by atoms with Crippen LogP contribution in [0, 0.1) is 5.92 Å². The average Bonchev–Trinajstić information content (AvgIpc) is 3.32. The van der Waals surface area contributed by atoms with Gasteiger partial charge >= 0.3 is 6.09 Å². The minimum Gasteiger partial charge on any atom is -0.410 e. The highest BCUT2D eigenvalue weighted by Crippen LogP contribution is 2.42. The Morgan fingerprint density at radius 3 is 2.46 bits per heavy atom. The molecule has 1 aliphatic carbocycles. The molecule has 2 amide bonds. The van der Waals surface area contributed by atoms with Gasteiger partial charge in [0.1, 0.15) is 5.75 Å². The lowest BCUT2D eigenvalue weighted by Crippen LogP contribution is -2.52. The average molecular weight is 477 g/mol. The number of rotatable bonds is 5. The van der Waals surface area contributed by atoms with E-state index in [0.717, 1.165) is 24.0 Å². The van der Waals surface area contributed by atoms with Crippen LogP contribution in [-0.4, -0.2) is 67.0 Å². The highest BCUT2D eigenvalue weighted by Gasteiger charge is 2.46. The van der Waals surface area contributed by atoms with Gasteiger partial charge in [0.15, 0.2) is 5.79 Å². The second-order valence-corrected chi connectivity index (χ2v) is 9.53. The number of hydrogen-bond acceptors (Lipinski definition) is 6. The van der Waals surface area contributed by atoms with Gasteiger partial charge in [-0.3, -0.25) is 9.69 Å². The number of likely N-dealkylation sites (N-methyl/N-ethyl adjacent to an activating group) is 1. The summed E-state index contributed by atoms with van der Waals surface area (Å²) in [5, 5.41) is 0. The maximum absolute atomic E-state index is 13.8. The van der Waals surface area contributed by atoms with Crippen LogP contribution < -0.4 is 4.74 Å². The smallest absolute Gasteiger partial charge is 0.410 e. The van der Waals surface area contributed by atoms with Crippen LogP contribution in [0.1, 0.15) is 24.8 Å². The third-order valence-corrected chi connectivity index (χ3v) is 7.16. The lowest BCUT2D eigenvalue weighted by atomic mass is 9.80. The molecule has 2 heterocycles. The van der Waals surface area contributed by atoms with Crippen molar-refractivity contribution in [2.45, 2.75) is 37.5 Å². The lowest BCUT2D eigenvalue weighted by Gasteiger charge is -2.44. The number of carbonyl (C=O) groups excluding carboxylic acids is 2. The summed E-state index contributed by atoms with van der Waals surface area (Å²) in [6.45, 7) is 2.02. The van der Waals surface area contributed by atoms with E-state index >= 15 is 0 Å². The number of imide groups is 1. The maximum atomic E-state index is 13.8. The molecule has 2 atom stereocenters. The molecule has 1 saturated carbocycles. The highest BCUT2D eigenvalue weighted by atomic mass is 16.7. The van der Waals surface area contributed by atoms with E-state index in [2.05, 4.69) is 4.90 Å². The molecule has 184 valence electrons. The number of para-hydroxylation sites is 1. The van der Waals surface area contributed by atoms with E-state index in [4.69, 9.17) is 14.2 Å². The van der Waals surface area contributed by atoms with Crippen LogP contribution in [0.2, 0.25) is 0 Å². The summed E-state index contributed by atoms with van der Waals surface area (Å²) in [6, 6.07) is 19.0. The number of nitrogens with zero attached hydrogens (tertiary/aromatic N) is 2. The van der Waals surface area contributed by atoms with Crippen molar-refractivity contribution in [3.63, 3.8) is 0 Å². The van der Waals surface area contributed by atoms with Crippen molar-refractivity contribution in [2.24, 2.45) is 5.92 Å². The molecule has 2 fully saturated rings. The standard InChI is InChI=1S/C28H32N2O5/c1-29-20-23(18-22-19-28(14-12-25(22)29)33-16-17-34-28)26(31)30(15-13-21-8-4-2-5-9-21)27(32)35-24-10-6-3-7-11-24/h2-11,18,23,25H,12-17,19-20H2,1H3/t23-,25-/m1/s1. The maximum Gasteiger partial charge on any atom is 0.422 e. The van der Waals surface area contributed by atoms with Crippen LogP contribution in [0.25, 0.3) is 0 Å². The molecular formula is C28H32N2O5. The molecule has 0 N–H and O–H groups in total. The monoisotopic (exact) mass is 476 g/mol. The first kappa shape index (κ1) is 23.7. The number of ether oxygens (including phenoxy) is 3. The fourth-order valence-corrected chi connectivity index (χ4v) is 5.40. The molecule has 0 bridgehead atoms. The Kier molecular flexibility index (Phi) is 7.00. The molecule has 35 heavy (non-hydrogen) atoms. The summed E-state index contributed by atoms with van der Waals surface area (Å²) in [6.07, 6.45) is 4.39. The predicted molar refractivity (Wildman–Crippen MR) is 131 cm³/mol.